The van der Waals surface area contributed by atoms with Crippen molar-refractivity contribution >= 4 is 29.1 Å². The zero-order valence-corrected chi connectivity index (χ0v) is 12.5. The molecule has 1 N–H and O–H groups in total. The summed E-state index contributed by atoms with van der Waals surface area (Å²) in [5.74, 6) is 0.801. The summed E-state index contributed by atoms with van der Waals surface area (Å²) in [6, 6.07) is 5.44. The van der Waals surface area contributed by atoms with Crippen molar-refractivity contribution in [3.63, 3.8) is 0 Å². The molecule has 0 aliphatic rings. The third-order valence-corrected chi connectivity index (χ3v) is 3.28. The number of amides is 1. The molecule has 18 heavy (non-hydrogen) atoms. The standard InChI is InChI=1S/C14H19Cl2NO/c1-9(2)13(4-5-15)17-14(18)11-6-10(3)7-12(16)8-11/h6-9,13H,4-5H2,1-3H3,(H,17,18). The van der Waals surface area contributed by atoms with Crippen LogP contribution in [0.4, 0.5) is 0 Å². The van der Waals surface area contributed by atoms with Gasteiger partial charge in [0.1, 0.15) is 0 Å². The molecule has 4 heteroatoms. The topological polar surface area (TPSA) is 29.1 Å². The van der Waals surface area contributed by atoms with Crippen LogP contribution in [0.2, 0.25) is 5.02 Å². The van der Waals surface area contributed by atoms with Gasteiger partial charge in [0.05, 0.1) is 0 Å². The van der Waals surface area contributed by atoms with Crippen LogP contribution in [0.15, 0.2) is 18.2 Å². The van der Waals surface area contributed by atoms with Crippen LogP contribution in [0.5, 0.6) is 0 Å². The number of benzene rings is 1. The molecule has 0 aromatic heterocycles. The molecule has 0 saturated carbocycles. The molecule has 100 valence electrons. The smallest absolute Gasteiger partial charge is 0.251 e. The molecular weight excluding hydrogens is 269 g/mol. The normalized spacial score (nSPS) is 12.6. The molecule has 0 spiro atoms. The van der Waals surface area contributed by atoms with Gasteiger partial charge < -0.3 is 5.32 Å². The second-order valence-electron chi connectivity index (χ2n) is 4.82. The molecule has 1 aromatic rings. The molecule has 1 atom stereocenters. The van der Waals surface area contributed by atoms with Gasteiger partial charge in [-0.2, -0.15) is 0 Å². The van der Waals surface area contributed by atoms with Crippen molar-refractivity contribution < 1.29 is 4.79 Å². The minimum atomic E-state index is -0.0931. The van der Waals surface area contributed by atoms with E-state index in [0.717, 1.165) is 12.0 Å². The van der Waals surface area contributed by atoms with Gasteiger partial charge in [-0.05, 0) is 43.0 Å². The number of alkyl halides is 1. The SMILES string of the molecule is Cc1cc(Cl)cc(C(=O)NC(CCCl)C(C)C)c1. The summed E-state index contributed by atoms with van der Waals surface area (Å²) < 4.78 is 0. The number of hydrogen-bond donors (Lipinski definition) is 1. The second-order valence-corrected chi connectivity index (χ2v) is 5.63. The molecule has 0 bridgehead atoms. The Balaban J connectivity index is 2.80. The molecule has 0 heterocycles. The quantitative estimate of drug-likeness (QED) is 0.814. The summed E-state index contributed by atoms with van der Waals surface area (Å²) >= 11 is 11.7. The summed E-state index contributed by atoms with van der Waals surface area (Å²) in [5.41, 5.74) is 1.58. The van der Waals surface area contributed by atoms with Crippen molar-refractivity contribution in [3.05, 3.63) is 34.3 Å². The van der Waals surface area contributed by atoms with E-state index in [0.29, 0.717) is 22.4 Å². The number of nitrogens with one attached hydrogen (secondary N) is 1. The third-order valence-electron chi connectivity index (χ3n) is 2.85. The first-order chi connectivity index (χ1) is 8.43. The number of hydrogen-bond acceptors (Lipinski definition) is 1. The molecule has 1 amide bonds. The van der Waals surface area contributed by atoms with E-state index in [9.17, 15) is 4.79 Å². The maximum Gasteiger partial charge on any atom is 0.251 e. The van der Waals surface area contributed by atoms with E-state index in [2.05, 4.69) is 19.2 Å². The van der Waals surface area contributed by atoms with Gasteiger partial charge in [-0.1, -0.05) is 25.4 Å². The lowest BCUT2D eigenvalue weighted by molar-refractivity contribution is 0.0925. The van der Waals surface area contributed by atoms with Crippen LogP contribution in [0.3, 0.4) is 0 Å². The predicted octanol–water partition coefficient (Wildman–Crippen LogP) is 4.03. The highest BCUT2D eigenvalue weighted by Crippen LogP contribution is 2.15. The summed E-state index contributed by atoms with van der Waals surface area (Å²) in [6.07, 6.45) is 0.768. The fourth-order valence-corrected chi connectivity index (χ4v) is 2.33. The van der Waals surface area contributed by atoms with Crippen molar-refractivity contribution in [2.45, 2.75) is 33.2 Å². The van der Waals surface area contributed by atoms with E-state index in [1.165, 1.54) is 0 Å². The Hall–Kier alpha value is -0.730. The lowest BCUT2D eigenvalue weighted by Crippen LogP contribution is -2.38. The Morgan fingerprint density at radius 1 is 1.33 bits per heavy atom. The minimum Gasteiger partial charge on any atom is -0.349 e. The maximum atomic E-state index is 12.1. The number of carbonyl (C=O) groups excluding carboxylic acids is 1. The Labute approximate surface area is 119 Å². The van der Waals surface area contributed by atoms with E-state index in [-0.39, 0.29) is 11.9 Å². The average molecular weight is 288 g/mol. The summed E-state index contributed by atoms with van der Waals surface area (Å²) in [7, 11) is 0. The fourth-order valence-electron chi connectivity index (χ4n) is 1.81. The van der Waals surface area contributed by atoms with Gasteiger partial charge in [0.25, 0.3) is 5.91 Å². The van der Waals surface area contributed by atoms with Crippen molar-refractivity contribution in [1.29, 1.82) is 0 Å². The van der Waals surface area contributed by atoms with Gasteiger partial charge in [0.15, 0.2) is 0 Å². The van der Waals surface area contributed by atoms with Crippen LogP contribution in [0.1, 0.15) is 36.2 Å². The minimum absolute atomic E-state index is 0.0919. The first-order valence-corrected chi connectivity index (χ1v) is 6.99. The molecule has 0 saturated heterocycles. The molecule has 0 fully saturated rings. The lowest BCUT2D eigenvalue weighted by atomic mass is 10.0. The van der Waals surface area contributed by atoms with Crippen LogP contribution in [0.25, 0.3) is 0 Å². The first kappa shape index (κ1) is 15.3. The first-order valence-electron chi connectivity index (χ1n) is 6.08. The number of aryl methyl sites for hydroxylation is 1. The summed E-state index contributed by atoms with van der Waals surface area (Å²) in [6.45, 7) is 6.06. The van der Waals surface area contributed by atoms with E-state index in [4.69, 9.17) is 23.2 Å². The molecule has 0 aliphatic carbocycles. The van der Waals surface area contributed by atoms with Gasteiger partial charge in [-0.3, -0.25) is 4.79 Å². The van der Waals surface area contributed by atoms with Gasteiger partial charge >= 0.3 is 0 Å². The molecule has 1 unspecified atom stereocenters. The Bertz CT molecular complexity index is 398. The number of halogens is 2. The molecule has 1 rings (SSSR count). The van der Waals surface area contributed by atoms with Gasteiger partial charge in [-0.15, -0.1) is 11.6 Å². The molecule has 0 radical (unpaired) electrons. The Morgan fingerprint density at radius 2 is 2.00 bits per heavy atom. The van der Waals surface area contributed by atoms with Crippen molar-refractivity contribution in [2.75, 3.05) is 5.88 Å². The van der Waals surface area contributed by atoms with Crippen LogP contribution >= 0.6 is 23.2 Å². The maximum absolute atomic E-state index is 12.1. The van der Waals surface area contributed by atoms with Gasteiger partial charge in [0.2, 0.25) is 0 Å². The van der Waals surface area contributed by atoms with Crippen LogP contribution < -0.4 is 5.32 Å². The summed E-state index contributed by atoms with van der Waals surface area (Å²) in [4.78, 5) is 12.1. The Kier molecular flexibility index (Phi) is 5.97. The van der Waals surface area contributed by atoms with Crippen LogP contribution in [-0.2, 0) is 0 Å². The highest BCUT2D eigenvalue weighted by Gasteiger charge is 2.17. The van der Waals surface area contributed by atoms with Crippen molar-refractivity contribution in [1.82, 2.24) is 5.32 Å². The highest BCUT2D eigenvalue weighted by molar-refractivity contribution is 6.31. The van der Waals surface area contributed by atoms with E-state index >= 15 is 0 Å². The van der Waals surface area contributed by atoms with E-state index < -0.39 is 0 Å². The number of carbonyl (C=O) groups is 1. The second kappa shape index (κ2) is 7.01. The molecule has 0 aliphatic heterocycles. The number of rotatable bonds is 5. The van der Waals surface area contributed by atoms with Crippen molar-refractivity contribution in [3.8, 4) is 0 Å². The van der Waals surface area contributed by atoms with Gasteiger partial charge in [0, 0.05) is 22.5 Å². The van der Waals surface area contributed by atoms with E-state index in [1.54, 1.807) is 6.07 Å². The lowest BCUT2D eigenvalue weighted by Gasteiger charge is -2.21. The molecule has 1 aromatic carbocycles. The van der Waals surface area contributed by atoms with Crippen LogP contribution in [-0.4, -0.2) is 17.8 Å². The zero-order valence-electron chi connectivity index (χ0n) is 11.0. The van der Waals surface area contributed by atoms with Crippen LogP contribution in [0, 0.1) is 12.8 Å². The third kappa shape index (κ3) is 4.51. The largest absolute Gasteiger partial charge is 0.349 e. The Morgan fingerprint density at radius 3 is 2.50 bits per heavy atom. The molecule has 2 nitrogen and oxygen atoms in total. The highest BCUT2D eigenvalue weighted by atomic mass is 35.5. The van der Waals surface area contributed by atoms with Crippen molar-refractivity contribution in [2.24, 2.45) is 5.92 Å². The van der Waals surface area contributed by atoms with E-state index in [1.807, 2.05) is 19.1 Å². The average Bonchev–Trinajstić information content (AvgIpc) is 2.26. The van der Waals surface area contributed by atoms with Gasteiger partial charge in [-0.25, -0.2) is 0 Å². The monoisotopic (exact) mass is 287 g/mol. The molecular formula is C14H19Cl2NO. The fraction of sp³-hybridized carbons (Fsp3) is 0.500. The zero-order chi connectivity index (χ0) is 13.7. The summed E-state index contributed by atoms with van der Waals surface area (Å²) in [5, 5.41) is 3.59. The predicted molar refractivity (Wildman–Crippen MR) is 77.6 cm³/mol.